The molecule has 0 saturated heterocycles. The number of furan rings is 1. The Kier molecular flexibility index (Phi) is 4.45. The van der Waals surface area contributed by atoms with E-state index in [0.717, 1.165) is 16.7 Å². The van der Waals surface area contributed by atoms with Crippen LogP contribution in [0.5, 0.6) is 0 Å². The summed E-state index contributed by atoms with van der Waals surface area (Å²) in [6, 6.07) is 9.82. The predicted molar refractivity (Wildman–Crippen MR) is 80.3 cm³/mol. The van der Waals surface area contributed by atoms with Crippen LogP contribution < -0.4 is 5.73 Å². The highest BCUT2D eigenvalue weighted by molar-refractivity contribution is 5.79. The van der Waals surface area contributed by atoms with Crippen LogP contribution in [0.15, 0.2) is 34.7 Å². The molecule has 1 aromatic carbocycles. The first-order valence-corrected chi connectivity index (χ1v) is 6.98. The second kappa shape index (κ2) is 6.09. The molecule has 1 aromatic heterocycles. The molecular weight excluding hydrogens is 252 g/mol. The molecule has 2 rings (SSSR count). The molecule has 2 unspecified atom stereocenters. The summed E-state index contributed by atoms with van der Waals surface area (Å²) in [4.78, 5) is 13.8. The first kappa shape index (κ1) is 14.6. The first-order valence-electron chi connectivity index (χ1n) is 6.98. The highest BCUT2D eigenvalue weighted by atomic mass is 16.3. The summed E-state index contributed by atoms with van der Waals surface area (Å²) in [5.41, 5.74) is 6.54. The topological polar surface area (TPSA) is 59.5 Å². The number of para-hydroxylation sites is 1. The van der Waals surface area contributed by atoms with Gasteiger partial charge >= 0.3 is 0 Å². The van der Waals surface area contributed by atoms with Gasteiger partial charge in [0.2, 0.25) is 5.91 Å². The average Bonchev–Trinajstić information content (AvgIpc) is 2.86. The zero-order chi connectivity index (χ0) is 14.7. The summed E-state index contributed by atoms with van der Waals surface area (Å²) < 4.78 is 5.81. The molecule has 0 saturated carbocycles. The van der Waals surface area contributed by atoms with Crippen molar-refractivity contribution in [3.05, 3.63) is 36.1 Å². The standard InChI is InChI=1S/C16H22N2O2/c1-11(17)8-9-16(19)18(3)12(2)15-10-13-6-4-5-7-14(13)20-15/h4-7,10-12H,8-9,17H2,1-3H3. The van der Waals surface area contributed by atoms with Gasteiger partial charge in [-0.15, -0.1) is 0 Å². The first-order chi connectivity index (χ1) is 9.49. The maximum Gasteiger partial charge on any atom is 0.222 e. The number of nitrogens with zero attached hydrogens (tertiary/aromatic N) is 1. The fourth-order valence-corrected chi connectivity index (χ4v) is 2.14. The molecule has 0 aliphatic rings. The van der Waals surface area contributed by atoms with E-state index in [-0.39, 0.29) is 18.0 Å². The molecule has 4 nitrogen and oxygen atoms in total. The molecule has 2 aromatic rings. The summed E-state index contributed by atoms with van der Waals surface area (Å²) in [6.07, 6.45) is 1.18. The van der Waals surface area contributed by atoms with Gasteiger partial charge in [-0.2, -0.15) is 0 Å². The SMILES string of the molecule is CC(N)CCC(=O)N(C)C(C)c1cc2ccccc2o1. The van der Waals surface area contributed by atoms with E-state index in [9.17, 15) is 4.79 Å². The van der Waals surface area contributed by atoms with Gasteiger partial charge in [0.1, 0.15) is 11.3 Å². The Labute approximate surface area is 119 Å². The van der Waals surface area contributed by atoms with Gasteiger partial charge in [-0.3, -0.25) is 4.79 Å². The van der Waals surface area contributed by atoms with Crippen LogP contribution in [-0.2, 0) is 4.79 Å². The van der Waals surface area contributed by atoms with Gasteiger partial charge in [-0.05, 0) is 32.4 Å². The van der Waals surface area contributed by atoms with E-state index < -0.39 is 0 Å². The van der Waals surface area contributed by atoms with Crippen molar-refractivity contribution in [2.45, 2.75) is 38.8 Å². The van der Waals surface area contributed by atoms with Gasteiger partial charge in [0, 0.05) is 24.9 Å². The lowest BCUT2D eigenvalue weighted by Gasteiger charge is -2.23. The normalized spacial score (nSPS) is 14.2. The number of carbonyl (C=O) groups excluding carboxylic acids is 1. The van der Waals surface area contributed by atoms with Crippen molar-refractivity contribution in [2.24, 2.45) is 5.73 Å². The van der Waals surface area contributed by atoms with Crippen molar-refractivity contribution in [1.82, 2.24) is 4.90 Å². The third-order valence-electron chi connectivity index (χ3n) is 3.64. The highest BCUT2D eigenvalue weighted by Crippen LogP contribution is 2.27. The van der Waals surface area contributed by atoms with Crippen molar-refractivity contribution < 1.29 is 9.21 Å². The zero-order valence-electron chi connectivity index (χ0n) is 12.3. The molecule has 2 N–H and O–H groups in total. The van der Waals surface area contributed by atoms with E-state index in [2.05, 4.69) is 0 Å². The molecule has 0 aliphatic carbocycles. The molecule has 108 valence electrons. The van der Waals surface area contributed by atoms with E-state index in [1.807, 2.05) is 44.2 Å². The molecule has 4 heteroatoms. The molecule has 0 spiro atoms. The van der Waals surface area contributed by atoms with E-state index in [0.29, 0.717) is 12.8 Å². The van der Waals surface area contributed by atoms with Gasteiger partial charge in [0.15, 0.2) is 0 Å². The number of rotatable bonds is 5. The van der Waals surface area contributed by atoms with Gasteiger partial charge in [-0.25, -0.2) is 0 Å². The van der Waals surface area contributed by atoms with Gasteiger partial charge in [0.05, 0.1) is 6.04 Å². The summed E-state index contributed by atoms with van der Waals surface area (Å²) in [5.74, 6) is 0.901. The van der Waals surface area contributed by atoms with Gasteiger partial charge < -0.3 is 15.1 Å². The van der Waals surface area contributed by atoms with Crippen molar-refractivity contribution in [1.29, 1.82) is 0 Å². The lowest BCUT2D eigenvalue weighted by Crippen LogP contribution is -2.30. The van der Waals surface area contributed by atoms with Crippen LogP contribution in [0.4, 0.5) is 0 Å². The lowest BCUT2D eigenvalue weighted by atomic mass is 10.1. The van der Waals surface area contributed by atoms with Gasteiger partial charge in [-0.1, -0.05) is 18.2 Å². The average molecular weight is 274 g/mol. The molecule has 1 heterocycles. The van der Waals surface area contributed by atoms with Gasteiger partial charge in [0.25, 0.3) is 0 Å². The Morgan fingerprint density at radius 2 is 2.05 bits per heavy atom. The fraction of sp³-hybridized carbons (Fsp3) is 0.438. The van der Waals surface area contributed by atoms with E-state index in [1.165, 1.54) is 0 Å². The Bertz CT molecular complexity index is 556. The van der Waals surface area contributed by atoms with Crippen molar-refractivity contribution >= 4 is 16.9 Å². The van der Waals surface area contributed by atoms with Crippen LogP contribution in [0.2, 0.25) is 0 Å². The summed E-state index contributed by atoms with van der Waals surface area (Å²) in [5, 5.41) is 1.06. The summed E-state index contributed by atoms with van der Waals surface area (Å²) in [7, 11) is 1.81. The summed E-state index contributed by atoms with van der Waals surface area (Å²) in [6.45, 7) is 3.89. The van der Waals surface area contributed by atoms with Crippen LogP contribution in [0.25, 0.3) is 11.0 Å². The minimum Gasteiger partial charge on any atom is -0.459 e. The minimum absolute atomic E-state index is 0.0499. The Morgan fingerprint density at radius 1 is 1.35 bits per heavy atom. The number of benzene rings is 1. The number of nitrogens with two attached hydrogens (primary N) is 1. The Hall–Kier alpha value is -1.81. The molecule has 0 fully saturated rings. The van der Waals surface area contributed by atoms with Crippen LogP contribution in [-0.4, -0.2) is 23.9 Å². The summed E-state index contributed by atoms with van der Waals surface area (Å²) >= 11 is 0. The monoisotopic (exact) mass is 274 g/mol. The molecule has 20 heavy (non-hydrogen) atoms. The zero-order valence-corrected chi connectivity index (χ0v) is 12.3. The number of hydrogen-bond donors (Lipinski definition) is 1. The number of carbonyl (C=O) groups is 1. The Balaban J connectivity index is 2.09. The molecule has 0 bridgehead atoms. The lowest BCUT2D eigenvalue weighted by molar-refractivity contribution is -0.132. The van der Waals surface area contributed by atoms with Crippen LogP contribution >= 0.6 is 0 Å². The maximum atomic E-state index is 12.1. The quantitative estimate of drug-likeness (QED) is 0.911. The second-order valence-corrected chi connectivity index (χ2v) is 5.38. The molecule has 1 amide bonds. The van der Waals surface area contributed by atoms with E-state index >= 15 is 0 Å². The minimum atomic E-state index is -0.0806. The van der Waals surface area contributed by atoms with Crippen LogP contribution in [0.1, 0.15) is 38.5 Å². The van der Waals surface area contributed by atoms with E-state index in [4.69, 9.17) is 10.2 Å². The molecule has 0 radical (unpaired) electrons. The smallest absolute Gasteiger partial charge is 0.222 e. The van der Waals surface area contributed by atoms with Crippen LogP contribution in [0, 0.1) is 0 Å². The van der Waals surface area contributed by atoms with E-state index in [1.54, 1.807) is 11.9 Å². The molecular formula is C16H22N2O2. The molecule has 2 atom stereocenters. The highest BCUT2D eigenvalue weighted by Gasteiger charge is 2.20. The number of fused-ring (bicyclic) bond motifs is 1. The third-order valence-corrected chi connectivity index (χ3v) is 3.64. The van der Waals surface area contributed by atoms with Crippen molar-refractivity contribution in [3.63, 3.8) is 0 Å². The largest absolute Gasteiger partial charge is 0.459 e. The number of hydrogen-bond acceptors (Lipinski definition) is 3. The van der Waals surface area contributed by atoms with Crippen LogP contribution in [0.3, 0.4) is 0 Å². The number of amides is 1. The van der Waals surface area contributed by atoms with Crippen molar-refractivity contribution in [2.75, 3.05) is 7.05 Å². The second-order valence-electron chi connectivity index (χ2n) is 5.38. The third kappa shape index (κ3) is 3.20. The maximum absolute atomic E-state index is 12.1. The van der Waals surface area contributed by atoms with Crippen molar-refractivity contribution in [3.8, 4) is 0 Å². The predicted octanol–water partition coefficient (Wildman–Crippen LogP) is 3.08. The molecule has 0 aliphatic heterocycles. The fourth-order valence-electron chi connectivity index (χ4n) is 2.14. The Morgan fingerprint density at radius 3 is 2.70 bits per heavy atom.